The number of hydrogen-bond acceptors (Lipinski definition) is 2. The third-order valence-corrected chi connectivity index (χ3v) is 6.35. The topological polar surface area (TPSA) is 74.6 Å². The Balaban J connectivity index is 0. The Kier molecular flexibility index (Phi) is 38.5. The minimum Gasteiger partial charge on any atom is -0.481 e. The van der Waals surface area contributed by atoms with Crippen molar-refractivity contribution in [1.29, 1.82) is 0 Å². The first kappa shape index (κ1) is 42.7. The van der Waals surface area contributed by atoms with Gasteiger partial charge in [-0.3, -0.25) is 4.79 Å². The quantitative estimate of drug-likeness (QED) is 0.0422. The van der Waals surface area contributed by atoms with E-state index in [2.05, 4.69) is 74.6 Å². The molecule has 0 aliphatic heterocycles. The Labute approximate surface area is 270 Å². The Morgan fingerprint density at radius 3 is 1.34 bits per heavy atom. The molecule has 0 saturated carbocycles. The third kappa shape index (κ3) is 45.6. The summed E-state index contributed by atoms with van der Waals surface area (Å²) in [6.45, 7) is 4.48. The summed E-state index contributed by atoms with van der Waals surface area (Å²) in [7, 11) is 0. The minimum atomic E-state index is -0.931. The zero-order valence-electron chi connectivity index (χ0n) is 27.8. The van der Waals surface area contributed by atoms with Gasteiger partial charge in [-0.25, -0.2) is 4.79 Å². The number of allylic oxidation sites excluding steroid dienone is 17. The van der Waals surface area contributed by atoms with Crippen molar-refractivity contribution in [1.82, 2.24) is 0 Å². The molecule has 0 heterocycles. The minimum absolute atomic E-state index is 0.262. The fraction of sp³-hybridized carbons (Fsp3) is 0.500. The van der Waals surface area contributed by atoms with Crippen LogP contribution in [0.4, 0.5) is 0 Å². The number of unbranched alkanes of at least 4 members (excludes halogenated alkanes) is 11. The highest BCUT2D eigenvalue weighted by molar-refractivity contribution is 5.80. The van der Waals surface area contributed by atoms with Crippen molar-refractivity contribution < 1.29 is 19.8 Å². The molecule has 0 rings (SSSR count). The molecular formula is C40H62O4. The molecule has 0 radical (unpaired) electrons. The zero-order valence-corrected chi connectivity index (χ0v) is 27.8. The van der Waals surface area contributed by atoms with Gasteiger partial charge in [0.1, 0.15) is 0 Å². The summed E-state index contributed by atoms with van der Waals surface area (Å²) in [5.41, 5.74) is 0. The molecule has 0 saturated heterocycles. The van der Waals surface area contributed by atoms with Gasteiger partial charge in [-0.05, 0) is 57.8 Å². The van der Waals surface area contributed by atoms with Gasteiger partial charge in [0.2, 0.25) is 0 Å². The molecule has 0 aliphatic carbocycles. The van der Waals surface area contributed by atoms with Crippen molar-refractivity contribution in [3.63, 3.8) is 0 Å². The average Bonchev–Trinajstić information content (AvgIpc) is 3.00. The van der Waals surface area contributed by atoms with E-state index >= 15 is 0 Å². The van der Waals surface area contributed by atoms with Crippen molar-refractivity contribution >= 4 is 11.9 Å². The summed E-state index contributed by atoms with van der Waals surface area (Å²) in [6.07, 6.45) is 56.1. The number of rotatable bonds is 27. The Bertz CT molecular complexity index is 910. The van der Waals surface area contributed by atoms with E-state index in [1.165, 1.54) is 76.7 Å². The Morgan fingerprint density at radius 2 is 0.818 bits per heavy atom. The first-order chi connectivity index (χ1) is 21.5. The molecular weight excluding hydrogens is 544 g/mol. The second-order valence-corrected chi connectivity index (χ2v) is 10.6. The average molecular weight is 607 g/mol. The van der Waals surface area contributed by atoms with Crippen molar-refractivity contribution in [2.75, 3.05) is 0 Å². The van der Waals surface area contributed by atoms with E-state index in [4.69, 9.17) is 10.2 Å². The molecule has 0 aliphatic rings. The third-order valence-electron chi connectivity index (χ3n) is 6.35. The van der Waals surface area contributed by atoms with Crippen molar-refractivity contribution in [2.45, 2.75) is 129 Å². The lowest BCUT2D eigenvalue weighted by Gasteiger charge is -1.98. The maximum Gasteiger partial charge on any atom is 0.328 e. The first-order valence-corrected chi connectivity index (χ1v) is 16.9. The molecule has 0 amide bonds. The smallest absolute Gasteiger partial charge is 0.328 e. The van der Waals surface area contributed by atoms with Crippen LogP contribution < -0.4 is 0 Å². The molecule has 0 fully saturated rings. The van der Waals surface area contributed by atoms with Gasteiger partial charge in [0, 0.05) is 12.5 Å². The van der Waals surface area contributed by atoms with Gasteiger partial charge in [-0.2, -0.15) is 0 Å². The van der Waals surface area contributed by atoms with Gasteiger partial charge in [0.15, 0.2) is 0 Å². The zero-order chi connectivity index (χ0) is 32.6. The highest BCUT2D eigenvalue weighted by Gasteiger charge is 1.92. The summed E-state index contributed by atoms with van der Waals surface area (Å²) in [5, 5.41) is 16.9. The van der Waals surface area contributed by atoms with Crippen molar-refractivity contribution in [3.8, 4) is 0 Å². The molecule has 246 valence electrons. The summed E-state index contributed by atoms with van der Waals surface area (Å²) in [5.74, 6) is -1.64. The van der Waals surface area contributed by atoms with Gasteiger partial charge in [0.25, 0.3) is 0 Å². The van der Waals surface area contributed by atoms with Crippen molar-refractivity contribution in [2.24, 2.45) is 0 Å². The van der Waals surface area contributed by atoms with Crippen molar-refractivity contribution in [3.05, 3.63) is 109 Å². The van der Waals surface area contributed by atoms with Gasteiger partial charge in [-0.15, -0.1) is 0 Å². The standard InChI is InChI=1S/C20H32O2.C20H30O2/c2*1-2-3-4-5-6-7-8-9-10-11-12-13-14-15-16-17-18-19-20(21)22/h6-7,9-10,12-13,15-16H,2-5,8,11,14,17-19H2,1H3,(H,21,22);10-19H,2-9H2,1H3,(H,21,22)/b7-6-,10-9-,13-12-,16-15-;11-10+,13-12+,15-14+,17-16+,19-18+. The summed E-state index contributed by atoms with van der Waals surface area (Å²) in [6, 6.07) is 0. The first-order valence-electron chi connectivity index (χ1n) is 16.9. The van der Waals surface area contributed by atoms with E-state index in [1.807, 2.05) is 24.3 Å². The lowest BCUT2D eigenvalue weighted by molar-refractivity contribution is -0.137. The van der Waals surface area contributed by atoms with E-state index in [0.29, 0.717) is 0 Å². The molecule has 0 aromatic carbocycles. The number of carbonyl (C=O) groups is 2. The summed E-state index contributed by atoms with van der Waals surface area (Å²) >= 11 is 0. The Hall–Kier alpha value is -3.40. The fourth-order valence-corrected chi connectivity index (χ4v) is 3.85. The molecule has 0 bridgehead atoms. The van der Waals surface area contributed by atoms with Crippen LogP contribution >= 0.6 is 0 Å². The molecule has 4 nitrogen and oxygen atoms in total. The molecule has 44 heavy (non-hydrogen) atoms. The van der Waals surface area contributed by atoms with Crippen LogP contribution in [-0.2, 0) is 9.59 Å². The second-order valence-electron chi connectivity index (χ2n) is 10.6. The van der Waals surface area contributed by atoms with E-state index < -0.39 is 11.9 Å². The fourth-order valence-electron chi connectivity index (χ4n) is 3.85. The van der Waals surface area contributed by atoms with Gasteiger partial charge < -0.3 is 10.2 Å². The van der Waals surface area contributed by atoms with E-state index in [9.17, 15) is 9.59 Å². The normalized spacial score (nSPS) is 12.6. The van der Waals surface area contributed by atoms with Crippen LogP contribution in [-0.4, -0.2) is 22.2 Å². The largest absolute Gasteiger partial charge is 0.481 e. The lowest BCUT2D eigenvalue weighted by atomic mass is 10.1. The summed E-state index contributed by atoms with van der Waals surface area (Å²) < 4.78 is 0. The van der Waals surface area contributed by atoms with Crippen LogP contribution in [0.2, 0.25) is 0 Å². The van der Waals surface area contributed by atoms with E-state index in [1.54, 1.807) is 12.2 Å². The lowest BCUT2D eigenvalue weighted by Crippen LogP contribution is -1.92. The van der Waals surface area contributed by atoms with E-state index in [0.717, 1.165) is 44.6 Å². The molecule has 0 atom stereocenters. The van der Waals surface area contributed by atoms with Crippen LogP contribution in [0.5, 0.6) is 0 Å². The van der Waals surface area contributed by atoms with Crippen LogP contribution in [0.1, 0.15) is 129 Å². The molecule has 0 spiro atoms. The van der Waals surface area contributed by atoms with Gasteiger partial charge in [0.05, 0.1) is 0 Å². The number of carboxylic acids is 2. The number of carboxylic acid groups (broad SMARTS) is 2. The van der Waals surface area contributed by atoms with Crippen LogP contribution in [0.25, 0.3) is 0 Å². The van der Waals surface area contributed by atoms with Crippen LogP contribution in [0, 0.1) is 0 Å². The van der Waals surface area contributed by atoms with Crippen LogP contribution in [0.15, 0.2) is 109 Å². The molecule has 2 N–H and O–H groups in total. The predicted molar refractivity (Wildman–Crippen MR) is 192 cm³/mol. The van der Waals surface area contributed by atoms with E-state index in [-0.39, 0.29) is 6.42 Å². The van der Waals surface area contributed by atoms with Crippen LogP contribution in [0.3, 0.4) is 0 Å². The SMILES string of the molecule is CCCCC/C=C\C/C=C\C/C=C\C/C=C\CCCC(=O)O.CCCCCCCCC/C=C/C=C/C=C/C=C/C=C/C(=O)O. The number of aliphatic carboxylic acids is 2. The Morgan fingerprint density at radius 1 is 0.432 bits per heavy atom. The maximum atomic E-state index is 10.3. The molecule has 0 unspecified atom stereocenters. The van der Waals surface area contributed by atoms with Gasteiger partial charge >= 0.3 is 11.9 Å². The molecule has 4 heteroatoms. The predicted octanol–water partition coefficient (Wildman–Crippen LogP) is 12.2. The highest BCUT2D eigenvalue weighted by Crippen LogP contribution is 2.08. The van der Waals surface area contributed by atoms with Gasteiger partial charge in [-0.1, -0.05) is 169 Å². The maximum absolute atomic E-state index is 10.3. The summed E-state index contributed by atoms with van der Waals surface area (Å²) in [4.78, 5) is 20.5. The molecule has 0 aromatic heterocycles. The second kappa shape index (κ2) is 39.6. The monoisotopic (exact) mass is 606 g/mol. The highest BCUT2D eigenvalue weighted by atomic mass is 16.4. The molecule has 0 aromatic rings. The number of hydrogen-bond donors (Lipinski definition) is 2.